The SMILES string of the molecule is CC1CCN(C(CNC(=O)c2coc(C3CCOCC3)n2)C(C)C)CC1. The van der Waals surface area contributed by atoms with E-state index < -0.39 is 0 Å². The standard InChI is InChI=1S/C20H33N3O3/c1-14(2)18(23-8-4-15(3)5-9-23)12-21-19(24)17-13-26-20(22-17)16-6-10-25-11-7-16/h13-16,18H,4-12H2,1-3H3,(H,21,24). The summed E-state index contributed by atoms with van der Waals surface area (Å²) in [5.41, 5.74) is 0.390. The van der Waals surface area contributed by atoms with Gasteiger partial charge in [0.2, 0.25) is 0 Å². The second-order valence-corrected chi connectivity index (χ2v) is 8.20. The first-order chi connectivity index (χ1) is 12.5. The van der Waals surface area contributed by atoms with Crippen molar-refractivity contribution in [2.45, 2.75) is 58.4 Å². The van der Waals surface area contributed by atoms with Crippen LogP contribution in [0.5, 0.6) is 0 Å². The van der Waals surface area contributed by atoms with Crippen LogP contribution in [-0.4, -0.2) is 54.7 Å². The van der Waals surface area contributed by atoms with Crippen LogP contribution >= 0.6 is 0 Å². The highest BCUT2D eigenvalue weighted by molar-refractivity contribution is 5.91. The molecule has 26 heavy (non-hydrogen) atoms. The molecular formula is C20H33N3O3. The number of likely N-dealkylation sites (tertiary alicyclic amines) is 1. The zero-order valence-corrected chi connectivity index (χ0v) is 16.4. The number of rotatable bonds is 6. The number of aromatic nitrogens is 1. The highest BCUT2D eigenvalue weighted by Crippen LogP contribution is 2.26. The van der Waals surface area contributed by atoms with E-state index in [4.69, 9.17) is 9.15 Å². The summed E-state index contributed by atoms with van der Waals surface area (Å²) in [6, 6.07) is 0.369. The lowest BCUT2D eigenvalue weighted by atomic mass is 9.94. The van der Waals surface area contributed by atoms with Crippen molar-refractivity contribution in [3.05, 3.63) is 17.8 Å². The fraction of sp³-hybridized carbons (Fsp3) is 0.800. The lowest BCUT2D eigenvalue weighted by Gasteiger charge is -2.38. The third kappa shape index (κ3) is 4.86. The minimum Gasteiger partial charge on any atom is -0.448 e. The van der Waals surface area contributed by atoms with Gasteiger partial charge in [0.1, 0.15) is 6.26 Å². The lowest BCUT2D eigenvalue weighted by Crippen LogP contribution is -2.49. The van der Waals surface area contributed by atoms with Gasteiger partial charge in [-0.05, 0) is 50.6 Å². The molecule has 1 N–H and O–H groups in total. The van der Waals surface area contributed by atoms with Gasteiger partial charge in [-0.25, -0.2) is 4.98 Å². The zero-order chi connectivity index (χ0) is 18.5. The van der Waals surface area contributed by atoms with E-state index in [9.17, 15) is 4.79 Å². The Balaban J connectivity index is 1.54. The summed E-state index contributed by atoms with van der Waals surface area (Å²) in [6.45, 7) is 11.2. The summed E-state index contributed by atoms with van der Waals surface area (Å²) >= 11 is 0. The Hall–Kier alpha value is -1.40. The van der Waals surface area contributed by atoms with E-state index in [0.29, 0.717) is 30.1 Å². The van der Waals surface area contributed by atoms with Crippen LogP contribution in [0.25, 0.3) is 0 Å². The molecule has 2 fully saturated rings. The maximum atomic E-state index is 12.5. The van der Waals surface area contributed by atoms with Crippen molar-refractivity contribution in [1.29, 1.82) is 0 Å². The minimum atomic E-state index is -0.136. The molecule has 0 bridgehead atoms. The molecule has 6 nitrogen and oxygen atoms in total. The van der Waals surface area contributed by atoms with E-state index >= 15 is 0 Å². The first-order valence-electron chi connectivity index (χ1n) is 10.1. The molecule has 1 unspecified atom stereocenters. The molecule has 6 heteroatoms. The Kier molecular flexibility index (Phi) is 6.70. The van der Waals surface area contributed by atoms with Crippen LogP contribution in [0.3, 0.4) is 0 Å². The van der Waals surface area contributed by atoms with Gasteiger partial charge in [0.25, 0.3) is 5.91 Å². The van der Waals surface area contributed by atoms with Gasteiger partial charge in [0, 0.05) is 31.7 Å². The number of hydrogen-bond acceptors (Lipinski definition) is 5. The maximum Gasteiger partial charge on any atom is 0.273 e. The fourth-order valence-corrected chi connectivity index (χ4v) is 3.96. The van der Waals surface area contributed by atoms with E-state index in [2.05, 4.69) is 36.0 Å². The number of oxazole rings is 1. The Bertz CT molecular complexity index is 573. The molecule has 2 aliphatic rings. The van der Waals surface area contributed by atoms with Gasteiger partial charge < -0.3 is 14.5 Å². The smallest absolute Gasteiger partial charge is 0.273 e. The van der Waals surface area contributed by atoms with Crippen LogP contribution in [0.15, 0.2) is 10.7 Å². The summed E-state index contributed by atoms with van der Waals surface area (Å²) in [4.78, 5) is 19.5. The largest absolute Gasteiger partial charge is 0.448 e. The number of hydrogen-bond donors (Lipinski definition) is 1. The summed E-state index contributed by atoms with van der Waals surface area (Å²) in [6.07, 6.45) is 5.80. The summed E-state index contributed by atoms with van der Waals surface area (Å²) < 4.78 is 10.9. The third-order valence-electron chi connectivity index (χ3n) is 5.85. The number of ether oxygens (including phenoxy) is 1. The van der Waals surface area contributed by atoms with Crippen molar-refractivity contribution < 1.29 is 13.9 Å². The predicted molar refractivity (Wildman–Crippen MR) is 100 cm³/mol. The van der Waals surface area contributed by atoms with E-state index in [-0.39, 0.29) is 11.8 Å². The van der Waals surface area contributed by atoms with Gasteiger partial charge in [0.15, 0.2) is 11.6 Å². The number of nitrogens with zero attached hydrogens (tertiary/aromatic N) is 2. The lowest BCUT2D eigenvalue weighted by molar-refractivity contribution is 0.0794. The van der Waals surface area contributed by atoms with Gasteiger partial charge in [0.05, 0.1) is 0 Å². The Labute approximate surface area is 156 Å². The molecule has 0 saturated carbocycles. The first kappa shape index (κ1) is 19.4. The number of nitrogens with one attached hydrogen (secondary N) is 1. The molecule has 0 radical (unpaired) electrons. The molecular weight excluding hydrogens is 330 g/mol. The van der Waals surface area contributed by atoms with Gasteiger partial charge in [-0.2, -0.15) is 0 Å². The highest BCUT2D eigenvalue weighted by Gasteiger charge is 2.27. The molecule has 1 atom stereocenters. The molecule has 0 aromatic carbocycles. The van der Waals surface area contributed by atoms with E-state index in [1.54, 1.807) is 0 Å². The Morgan fingerprint density at radius 3 is 2.62 bits per heavy atom. The molecule has 0 aliphatic carbocycles. The second-order valence-electron chi connectivity index (χ2n) is 8.20. The van der Waals surface area contributed by atoms with E-state index in [0.717, 1.165) is 45.1 Å². The van der Waals surface area contributed by atoms with Gasteiger partial charge in [-0.3, -0.25) is 9.69 Å². The molecule has 0 spiro atoms. The first-order valence-corrected chi connectivity index (χ1v) is 10.1. The number of carbonyl (C=O) groups excluding carboxylic acids is 1. The molecule has 1 aromatic rings. The van der Waals surface area contributed by atoms with Crippen LogP contribution in [0.4, 0.5) is 0 Å². The normalized spacial score (nSPS) is 21.8. The predicted octanol–water partition coefficient (Wildman–Crippen LogP) is 3.05. The average Bonchev–Trinajstić information content (AvgIpc) is 3.14. The van der Waals surface area contributed by atoms with Crippen molar-refractivity contribution in [2.24, 2.45) is 11.8 Å². The van der Waals surface area contributed by atoms with Gasteiger partial charge in [-0.15, -0.1) is 0 Å². The quantitative estimate of drug-likeness (QED) is 0.841. The number of carbonyl (C=O) groups is 1. The van der Waals surface area contributed by atoms with Crippen LogP contribution < -0.4 is 5.32 Å². The van der Waals surface area contributed by atoms with Crippen molar-refractivity contribution in [3.63, 3.8) is 0 Å². The molecule has 1 aromatic heterocycles. The molecule has 146 valence electrons. The fourth-order valence-electron chi connectivity index (χ4n) is 3.96. The summed E-state index contributed by atoms with van der Waals surface area (Å²) in [5.74, 6) is 2.11. The topological polar surface area (TPSA) is 67.6 Å². The minimum absolute atomic E-state index is 0.136. The van der Waals surface area contributed by atoms with Crippen molar-refractivity contribution in [2.75, 3.05) is 32.8 Å². The second kappa shape index (κ2) is 9.00. The van der Waals surface area contributed by atoms with Crippen molar-refractivity contribution >= 4 is 5.91 Å². The van der Waals surface area contributed by atoms with Crippen LogP contribution in [0.2, 0.25) is 0 Å². The highest BCUT2D eigenvalue weighted by atomic mass is 16.5. The number of piperidine rings is 1. The van der Waals surface area contributed by atoms with Crippen LogP contribution in [0, 0.1) is 11.8 Å². The molecule has 3 heterocycles. The van der Waals surface area contributed by atoms with Crippen LogP contribution in [-0.2, 0) is 4.74 Å². The Morgan fingerprint density at radius 2 is 1.96 bits per heavy atom. The molecule has 3 rings (SSSR count). The maximum absolute atomic E-state index is 12.5. The summed E-state index contributed by atoms with van der Waals surface area (Å²) in [7, 11) is 0. The van der Waals surface area contributed by atoms with Gasteiger partial charge >= 0.3 is 0 Å². The van der Waals surface area contributed by atoms with Crippen molar-refractivity contribution in [3.8, 4) is 0 Å². The summed E-state index contributed by atoms with van der Waals surface area (Å²) in [5, 5.41) is 3.08. The number of amides is 1. The molecule has 2 saturated heterocycles. The van der Waals surface area contributed by atoms with Crippen molar-refractivity contribution in [1.82, 2.24) is 15.2 Å². The van der Waals surface area contributed by atoms with Crippen LogP contribution in [0.1, 0.15) is 68.8 Å². The monoisotopic (exact) mass is 363 g/mol. The molecule has 2 aliphatic heterocycles. The van der Waals surface area contributed by atoms with E-state index in [1.807, 2.05) is 0 Å². The average molecular weight is 364 g/mol. The Morgan fingerprint density at radius 1 is 1.27 bits per heavy atom. The van der Waals surface area contributed by atoms with E-state index in [1.165, 1.54) is 19.1 Å². The zero-order valence-electron chi connectivity index (χ0n) is 16.4. The third-order valence-corrected chi connectivity index (χ3v) is 5.85. The van der Waals surface area contributed by atoms with Gasteiger partial charge in [-0.1, -0.05) is 20.8 Å². The molecule has 1 amide bonds.